The van der Waals surface area contributed by atoms with Gasteiger partial charge in [-0.05, 0) is 94.6 Å². The molecule has 0 unspecified atom stereocenters. The molecule has 2 N–H and O–H groups in total. The van der Waals surface area contributed by atoms with Crippen LogP contribution in [-0.2, 0) is 14.8 Å². The van der Waals surface area contributed by atoms with Gasteiger partial charge in [0, 0.05) is 9.13 Å². The molecule has 0 bridgehead atoms. The van der Waals surface area contributed by atoms with E-state index < -0.39 is 10.0 Å². The summed E-state index contributed by atoms with van der Waals surface area (Å²) in [4.78, 5) is 12.9. The molecule has 0 radical (unpaired) electrons. The molecule has 1 heterocycles. The van der Waals surface area contributed by atoms with E-state index in [1.807, 2.05) is 12.1 Å². The van der Waals surface area contributed by atoms with Gasteiger partial charge in [-0.1, -0.05) is 0 Å². The zero-order valence-electron chi connectivity index (χ0n) is 14.8. The first-order valence-corrected chi connectivity index (χ1v) is 11.6. The Balaban J connectivity index is 1.99. The summed E-state index contributed by atoms with van der Waals surface area (Å²) in [5.41, 5.74) is 2.22. The summed E-state index contributed by atoms with van der Waals surface area (Å²) in [5, 5.41) is 10.7. The quantitative estimate of drug-likeness (QED) is 0.417. The molecule has 2 aromatic rings. The lowest BCUT2D eigenvalue weighted by atomic mass is 10.1. The minimum atomic E-state index is -3.80. The van der Waals surface area contributed by atoms with Crippen LogP contribution in [0.1, 0.15) is 12.5 Å². The fraction of sp³-hybridized carbons (Fsp3) is 0.111. The summed E-state index contributed by atoms with van der Waals surface area (Å²) in [6.45, 7) is 1.74. The minimum Gasteiger partial charge on any atom is -0.495 e. The molecule has 3 rings (SSSR count). The zero-order chi connectivity index (χ0) is 20.6. The van der Waals surface area contributed by atoms with Crippen LogP contribution in [0.4, 0.5) is 5.69 Å². The summed E-state index contributed by atoms with van der Waals surface area (Å²) in [6, 6.07) is 9.58. The van der Waals surface area contributed by atoms with Gasteiger partial charge in [-0.15, -0.1) is 0 Å². The highest BCUT2D eigenvalue weighted by Crippen LogP contribution is 2.32. The third-order valence-electron chi connectivity index (χ3n) is 4.01. The van der Waals surface area contributed by atoms with Crippen LogP contribution >= 0.6 is 45.2 Å². The van der Waals surface area contributed by atoms with E-state index in [1.165, 1.54) is 29.3 Å². The van der Waals surface area contributed by atoms with Crippen LogP contribution < -0.4 is 14.9 Å². The number of hydrogen-bond acceptors (Lipinski definition) is 5. The molecule has 1 aliphatic rings. The number of sulfonamides is 1. The van der Waals surface area contributed by atoms with Crippen LogP contribution in [0, 0.1) is 7.14 Å². The van der Waals surface area contributed by atoms with Gasteiger partial charge in [0.15, 0.2) is 0 Å². The Bertz CT molecular complexity index is 1130. The first-order chi connectivity index (χ1) is 13.1. The second kappa shape index (κ2) is 8.08. The Labute approximate surface area is 190 Å². The van der Waals surface area contributed by atoms with Crippen LogP contribution in [0.25, 0.3) is 6.08 Å². The third-order valence-corrected chi connectivity index (χ3v) is 6.37. The van der Waals surface area contributed by atoms with Gasteiger partial charge in [0.1, 0.15) is 5.75 Å². The number of primary sulfonamides is 1. The van der Waals surface area contributed by atoms with Gasteiger partial charge in [-0.2, -0.15) is 10.1 Å². The van der Waals surface area contributed by atoms with Crippen molar-refractivity contribution in [2.45, 2.75) is 11.8 Å². The molecule has 1 amide bonds. The van der Waals surface area contributed by atoms with Crippen molar-refractivity contribution in [3.8, 4) is 5.75 Å². The van der Waals surface area contributed by atoms with E-state index in [0.29, 0.717) is 22.7 Å². The highest BCUT2D eigenvalue weighted by atomic mass is 127. The van der Waals surface area contributed by atoms with Gasteiger partial charge in [-0.25, -0.2) is 13.6 Å². The fourth-order valence-corrected chi connectivity index (χ4v) is 5.32. The number of halogens is 2. The van der Waals surface area contributed by atoms with Crippen molar-refractivity contribution < 1.29 is 17.9 Å². The average Bonchev–Trinajstić information content (AvgIpc) is 2.89. The topological polar surface area (TPSA) is 102 Å². The van der Waals surface area contributed by atoms with Gasteiger partial charge < -0.3 is 4.74 Å². The number of benzene rings is 2. The highest BCUT2D eigenvalue weighted by Gasteiger charge is 2.29. The lowest BCUT2D eigenvalue weighted by Gasteiger charge is -2.12. The first kappa shape index (κ1) is 21.2. The number of carbonyl (C=O) groups excluding carboxylic acids is 1. The van der Waals surface area contributed by atoms with Crippen LogP contribution in [0.15, 0.2) is 52.0 Å². The molecule has 0 saturated carbocycles. The molecule has 0 aromatic heterocycles. The Hall–Kier alpha value is -1.51. The Morgan fingerprint density at radius 2 is 1.82 bits per heavy atom. The number of nitrogens with two attached hydrogens (primary N) is 1. The Morgan fingerprint density at radius 3 is 2.39 bits per heavy atom. The lowest BCUT2D eigenvalue weighted by molar-refractivity contribution is -0.114. The van der Waals surface area contributed by atoms with Crippen molar-refractivity contribution in [3.63, 3.8) is 0 Å². The summed E-state index contributed by atoms with van der Waals surface area (Å²) < 4.78 is 30.2. The number of rotatable bonds is 4. The second-order valence-electron chi connectivity index (χ2n) is 5.91. The Morgan fingerprint density at radius 1 is 1.18 bits per heavy atom. The van der Waals surface area contributed by atoms with E-state index in [-0.39, 0.29) is 10.8 Å². The van der Waals surface area contributed by atoms with Crippen molar-refractivity contribution in [3.05, 3.63) is 54.7 Å². The number of amides is 1. The molecule has 0 saturated heterocycles. The highest BCUT2D eigenvalue weighted by molar-refractivity contribution is 14.1. The maximum atomic E-state index is 12.9. The maximum Gasteiger partial charge on any atom is 0.280 e. The molecule has 28 heavy (non-hydrogen) atoms. The molecule has 10 heteroatoms. The summed E-state index contributed by atoms with van der Waals surface area (Å²) in [6.07, 6.45) is 1.75. The van der Waals surface area contributed by atoms with E-state index in [4.69, 9.17) is 9.88 Å². The van der Waals surface area contributed by atoms with Crippen molar-refractivity contribution in [2.75, 3.05) is 12.1 Å². The molecule has 146 valence electrons. The smallest absolute Gasteiger partial charge is 0.280 e. The van der Waals surface area contributed by atoms with E-state index in [9.17, 15) is 13.2 Å². The van der Waals surface area contributed by atoms with Crippen molar-refractivity contribution in [1.29, 1.82) is 0 Å². The largest absolute Gasteiger partial charge is 0.495 e. The molecule has 1 aliphatic heterocycles. The second-order valence-corrected chi connectivity index (χ2v) is 9.88. The van der Waals surface area contributed by atoms with Crippen LogP contribution in [0.3, 0.4) is 0 Å². The molecule has 0 aliphatic carbocycles. The molecule has 0 spiro atoms. The summed E-state index contributed by atoms with van der Waals surface area (Å²) in [7, 11) is -2.21. The van der Waals surface area contributed by atoms with E-state index in [2.05, 4.69) is 50.3 Å². The number of methoxy groups -OCH3 is 1. The fourth-order valence-electron chi connectivity index (χ4n) is 2.69. The predicted octanol–water partition coefficient (Wildman–Crippen LogP) is 3.36. The molecule has 0 atom stereocenters. The molecule has 2 aromatic carbocycles. The van der Waals surface area contributed by atoms with Crippen LogP contribution in [0.2, 0.25) is 0 Å². The van der Waals surface area contributed by atoms with E-state index >= 15 is 0 Å². The van der Waals surface area contributed by atoms with Gasteiger partial charge >= 0.3 is 0 Å². The SMILES string of the molecule is COc1c(I)cc(I)cc1/C=C1\C(=O)N(c2ccc(S(N)(=O)=O)cc2)N=C1C. The van der Waals surface area contributed by atoms with E-state index in [1.54, 1.807) is 20.1 Å². The van der Waals surface area contributed by atoms with Crippen LogP contribution in [-0.4, -0.2) is 27.1 Å². The maximum absolute atomic E-state index is 12.9. The van der Waals surface area contributed by atoms with E-state index in [0.717, 1.165) is 12.7 Å². The number of nitrogens with zero attached hydrogens (tertiary/aromatic N) is 2. The monoisotopic (exact) mass is 623 g/mol. The summed E-state index contributed by atoms with van der Waals surface area (Å²) in [5.74, 6) is 0.377. The first-order valence-electron chi connectivity index (χ1n) is 7.89. The van der Waals surface area contributed by atoms with Gasteiger partial charge in [0.05, 0.1) is 32.5 Å². The Kier molecular flexibility index (Phi) is 6.12. The number of hydrazone groups is 1. The number of hydrogen-bond donors (Lipinski definition) is 1. The molecule has 7 nitrogen and oxygen atoms in total. The minimum absolute atomic E-state index is 0.0301. The normalized spacial score (nSPS) is 15.9. The number of ether oxygens (including phenoxy) is 1. The number of carbonyl (C=O) groups is 1. The third kappa shape index (κ3) is 4.23. The standard InChI is InChI=1S/C18H15I2N3O4S/c1-10-15(8-11-7-12(19)9-16(20)17(11)27-2)18(24)23(22-10)13-3-5-14(6-4-13)28(21,25)26/h3-9H,1-2H3,(H2,21,25,26)/b15-8-. The van der Waals surface area contributed by atoms with Gasteiger partial charge in [-0.3, -0.25) is 4.79 Å². The lowest BCUT2D eigenvalue weighted by Crippen LogP contribution is -2.21. The van der Waals surface area contributed by atoms with Crippen molar-refractivity contribution >= 4 is 78.6 Å². The zero-order valence-corrected chi connectivity index (χ0v) is 19.9. The molecular formula is C18H15I2N3O4S. The van der Waals surface area contributed by atoms with Gasteiger partial charge in [0.25, 0.3) is 5.91 Å². The number of anilines is 1. The average molecular weight is 623 g/mol. The molecule has 0 fully saturated rings. The predicted molar refractivity (Wildman–Crippen MR) is 125 cm³/mol. The van der Waals surface area contributed by atoms with Crippen molar-refractivity contribution in [1.82, 2.24) is 0 Å². The van der Waals surface area contributed by atoms with Crippen molar-refractivity contribution in [2.24, 2.45) is 10.2 Å². The van der Waals surface area contributed by atoms with Crippen LogP contribution in [0.5, 0.6) is 5.75 Å². The summed E-state index contributed by atoms with van der Waals surface area (Å²) >= 11 is 4.40. The van der Waals surface area contributed by atoms with Gasteiger partial charge in [0.2, 0.25) is 10.0 Å². The molecular weight excluding hydrogens is 608 g/mol.